The molecular formula is C18H28N2. The van der Waals surface area contributed by atoms with E-state index in [0.29, 0.717) is 10.8 Å². The summed E-state index contributed by atoms with van der Waals surface area (Å²) in [6, 6.07) is 11.1. The van der Waals surface area contributed by atoms with Crippen LogP contribution < -0.4 is 10.6 Å². The van der Waals surface area contributed by atoms with E-state index in [9.17, 15) is 0 Å². The Morgan fingerprint density at radius 1 is 1.15 bits per heavy atom. The largest absolute Gasteiger partial charge is 0.317 e. The Bertz CT molecular complexity index is 432. The lowest BCUT2D eigenvalue weighted by Crippen LogP contribution is -2.46. The number of rotatable bonds is 5. The SMILES string of the molecule is CC1(C)CC1CNCC1(c2ccccc2)CCNCC1. The summed E-state index contributed by atoms with van der Waals surface area (Å²) < 4.78 is 0. The van der Waals surface area contributed by atoms with Crippen molar-refractivity contribution < 1.29 is 0 Å². The fraction of sp³-hybridized carbons (Fsp3) is 0.667. The van der Waals surface area contributed by atoms with Gasteiger partial charge in [-0.05, 0) is 55.8 Å². The molecule has 0 bridgehead atoms. The third-order valence-electron chi connectivity index (χ3n) is 5.52. The van der Waals surface area contributed by atoms with Gasteiger partial charge in [-0.15, -0.1) is 0 Å². The van der Waals surface area contributed by atoms with Gasteiger partial charge >= 0.3 is 0 Å². The molecule has 2 nitrogen and oxygen atoms in total. The monoisotopic (exact) mass is 272 g/mol. The predicted octanol–water partition coefficient (Wildman–Crippen LogP) is 2.94. The first-order valence-corrected chi connectivity index (χ1v) is 8.09. The summed E-state index contributed by atoms with van der Waals surface area (Å²) in [5.41, 5.74) is 2.44. The highest BCUT2D eigenvalue weighted by atomic mass is 14.9. The summed E-state index contributed by atoms with van der Waals surface area (Å²) in [5, 5.41) is 7.29. The standard InChI is InChI=1S/C18H28N2/c1-17(2)12-16(17)13-20-14-18(8-10-19-11-9-18)15-6-4-3-5-7-15/h3-7,16,19-20H,8-14H2,1-2H3. The average Bonchev–Trinajstić information content (AvgIpc) is 3.08. The van der Waals surface area contributed by atoms with Crippen LogP contribution in [0.5, 0.6) is 0 Å². The molecule has 2 N–H and O–H groups in total. The molecule has 0 spiro atoms. The number of hydrogen-bond acceptors (Lipinski definition) is 2. The van der Waals surface area contributed by atoms with Crippen LogP contribution >= 0.6 is 0 Å². The molecule has 1 saturated heterocycles. The number of hydrogen-bond donors (Lipinski definition) is 2. The van der Waals surface area contributed by atoms with Gasteiger partial charge in [0.2, 0.25) is 0 Å². The summed E-state index contributed by atoms with van der Waals surface area (Å²) in [6.07, 6.45) is 3.88. The summed E-state index contributed by atoms with van der Waals surface area (Å²) in [7, 11) is 0. The molecule has 1 aliphatic carbocycles. The summed E-state index contributed by atoms with van der Waals surface area (Å²) in [4.78, 5) is 0. The van der Waals surface area contributed by atoms with Gasteiger partial charge in [0.25, 0.3) is 0 Å². The van der Waals surface area contributed by atoms with Crippen molar-refractivity contribution >= 4 is 0 Å². The minimum Gasteiger partial charge on any atom is -0.317 e. The molecule has 1 unspecified atom stereocenters. The smallest absolute Gasteiger partial charge is 0.0102 e. The highest BCUT2D eigenvalue weighted by molar-refractivity contribution is 5.27. The van der Waals surface area contributed by atoms with Crippen LogP contribution in [-0.4, -0.2) is 26.2 Å². The van der Waals surface area contributed by atoms with Crippen molar-refractivity contribution in [3.63, 3.8) is 0 Å². The van der Waals surface area contributed by atoms with Crippen LogP contribution in [0.1, 0.15) is 38.7 Å². The van der Waals surface area contributed by atoms with E-state index < -0.39 is 0 Å². The molecule has 1 heterocycles. The first-order valence-electron chi connectivity index (χ1n) is 8.09. The number of benzene rings is 1. The molecule has 3 rings (SSSR count). The molecule has 0 amide bonds. The number of piperidine rings is 1. The second kappa shape index (κ2) is 5.50. The van der Waals surface area contributed by atoms with Crippen molar-refractivity contribution in [2.45, 2.75) is 38.5 Å². The van der Waals surface area contributed by atoms with E-state index in [-0.39, 0.29) is 0 Å². The molecule has 2 heteroatoms. The second-order valence-electron chi connectivity index (χ2n) is 7.42. The molecule has 1 aromatic rings. The van der Waals surface area contributed by atoms with Crippen molar-refractivity contribution in [3.8, 4) is 0 Å². The van der Waals surface area contributed by atoms with Crippen molar-refractivity contribution in [3.05, 3.63) is 35.9 Å². The third-order valence-corrected chi connectivity index (χ3v) is 5.52. The lowest BCUT2D eigenvalue weighted by Gasteiger charge is -2.38. The first-order chi connectivity index (χ1) is 9.62. The van der Waals surface area contributed by atoms with Crippen LogP contribution in [0.2, 0.25) is 0 Å². The Morgan fingerprint density at radius 2 is 1.80 bits per heavy atom. The normalized spacial score (nSPS) is 27.2. The Labute approximate surface area is 123 Å². The summed E-state index contributed by atoms with van der Waals surface area (Å²) >= 11 is 0. The van der Waals surface area contributed by atoms with Crippen LogP contribution in [0.3, 0.4) is 0 Å². The molecule has 0 radical (unpaired) electrons. The summed E-state index contributed by atoms with van der Waals surface area (Å²) in [5.74, 6) is 0.886. The van der Waals surface area contributed by atoms with Gasteiger partial charge in [0.15, 0.2) is 0 Å². The molecule has 2 aliphatic rings. The molecule has 20 heavy (non-hydrogen) atoms. The van der Waals surface area contributed by atoms with E-state index in [1.54, 1.807) is 0 Å². The van der Waals surface area contributed by atoms with Crippen molar-refractivity contribution in [2.24, 2.45) is 11.3 Å². The summed E-state index contributed by atoms with van der Waals surface area (Å²) in [6.45, 7) is 9.38. The minimum atomic E-state index is 0.339. The molecular weight excluding hydrogens is 244 g/mol. The third kappa shape index (κ3) is 2.91. The van der Waals surface area contributed by atoms with Crippen LogP contribution in [-0.2, 0) is 5.41 Å². The van der Waals surface area contributed by atoms with Crippen molar-refractivity contribution in [2.75, 3.05) is 26.2 Å². The average molecular weight is 272 g/mol. The van der Waals surface area contributed by atoms with Crippen molar-refractivity contribution in [1.29, 1.82) is 0 Å². The topological polar surface area (TPSA) is 24.1 Å². The fourth-order valence-electron chi connectivity index (χ4n) is 3.67. The van der Waals surface area contributed by atoms with Gasteiger partial charge in [-0.1, -0.05) is 44.2 Å². The Hall–Kier alpha value is -0.860. The van der Waals surface area contributed by atoms with Crippen LogP contribution in [0.15, 0.2) is 30.3 Å². The molecule has 1 aromatic carbocycles. The zero-order valence-corrected chi connectivity index (χ0v) is 12.9. The highest BCUT2D eigenvalue weighted by Crippen LogP contribution is 2.51. The van der Waals surface area contributed by atoms with Gasteiger partial charge in [0.1, 0.15) is 0 Å². The van der Waals surface area contributed by atoms with E-state index in [1.165, 1.54) is 31.4 Å². The van der Waals surface area contributed by atoms with Gasteiger partial charge in [-0.3, -0.25) is 0 Å². The fourth-order valence-corrected chi connectivity index (χ4v) is 3.67. The van der Waals surface area contributed by atoms with Gasteiger partial charge in [0, 0.05) is 12.0 Å². The quantitative estimate of drug-likeness (QED) is 0.861. The molecule has 0 aromatic heterocycles. The van der Waals surface area contributed by atoms with E-state index in [2.05, 4.69) is 54.8 Å². The van der Waals surface area contributed by atoms with Gasteiger partial charge in [-0.2, -0.15) is 0 Å². The van der Waals surface area contributed by atoms with E-state index in [1.807, 2.05) is 0 Å². The number of nitrogens with one attached hydrogen (secondary N) is 2. The molecule has 1 atom stereocenters. The van der Waals surface area contributed by atoms with E-state index in [0.717, 1.165) is 25.6 Å². The zero-order chi connectivity index (χ0) is 14.1. The second-order valence-corrected chi connectivity index (χ2v) is 7.42. The predicted molar refractivity (Wildman–Crippen MR) is 85.0 cm³/mol. The van der Waals surface area contributed by atoms with E-state index >= 15 is 0 Å². The van der Waals surface area contributed by atoms with Crippen molar-refractivity contribution in [1.82, 2.24) is 10.6 Å². The van der Waals surface area contributed by atoms with Gasteiger partial charge < -0.3 is 10.6 Å². The maximum atomic E-state index is 3.78. The highest BCUT2D eigenvalue weighted by Gasteiger charge is 2.45. The molecule has 2 fully saturated rings. The van der Waals surface area contributed by atoms with Crippen LogP contribution in [0.25, 0.3) is 0 Å². The lowest BCUT2D eigenvalue weighted by molar-refractivity contribution is 0.290. The molecule has 1 saturated carbocycles. The minimum absolute atomic E-state index is 0.339. The molecule has 1 aliphatic heterocycles. The van der Waals surface area contributed by atoms with Gasteiger partial charge in [-0.25, -0.2) is 0 Å². The van der Waals surface area contributed by atoms with E-state index in [4.69, 9.17) is 0 Å². The van der Waals surface area contributed by atoms with Crippen LogP contribution in [0.4, 0.5) is 0 Å². The molecule has 110 valence electrons. The van der Waals surface area contributed by atoms with Crippen LogP contribution in [0, 0.1) is 11.3 Å². The Kier molecular flexibility index (Phi) is 3.87. The van der Waals surface area contributed by atoms with Gasteiger partial charge in [0.05, 0.1) is 0 Å². The first kappa shape index (κ1) is 14.1. The Balaban J connectivity index is 1.64. The Morgan fingerprint density at radius 3 is 2.40 bits per heavy atom. The maximum Gasteiger partial charge on any atom is 0.0102 e. The zero-order valence-electron chi connectivity index (χ0n) is 12.9. The lowest BCUT2D eigenvalue weighted by atomic mass is 9.73. The maximum absolute atomic E-state index is 3.78.